The SMILES string of the molecule is O=C(O)c1cc(S(=O)(=O)Nc2ccc(F)cc2Cl)cs1. The Morgan fingerprint density at radius 1 is 1.35 bits per heavy atom. The molecule has 1 aromatic carbocycles. The highest BCUT2D eigenvalue weighted by atomic mass is 35.5. The van der Waals surface area contributed by atoms with E-state index < -0.39 is 21.8 Å². The van der Waals surface area contributed by atoms with Crippen LogP contribution in [0.5, 0.6) is 0 Å². The number of carboxylic acid groups (broad SMARTS) is 1. The molecule has 106 valence electrons. The van der Waals surface area contributed by atoms with Gasteiger partial charge in [-0.15, -0.1) is 11.3 Å². The number of anilines is 1. The van der Waals surface area contributed by atoms with E-state index in [1.54, 1.807) is 0 Å². The molecule has 0 bridgehead atoms. The third-order valence-electron chi connectivity index (χ3n) is 2.27. The van der Waals surface area contributed by atoms with Crippen molar-refractivity contribution in [3.8, 4) is 0 Å². The Kier molecular flexibility index (Phi) is 3.98. The molecule has 0 saturated heterocycles. The minimum Gasteiger partial charge on any atom is -0.477 e. The molecule has 9 heteroatoms. The Hall–Kier alpha value is -1.64. The highest BCUT2D eigenvalue weighted by molar-refractivity contribution is 7.92. The van der Waals surface area contributed by atoms with Gasteiger partial charge in [0.25, 0.3) is 10.0 Å². The zero-order valence-electron chi connectivity index (χ0n) is 9.63. The summed E-state index contributed by atoms with van der Waals surface area (Å²) < 4.78 is 39.1. The summed E-state index contributed by atoms with van der Waals surface area (Å²) in [7, 11) is -3.97. The van der Waals surface area contributed by atoms with Crippen LogP contribution in [0.15, 0.2) is 34.5 Å². The Morgan fingerprint density at radius 2 is 2.05 bits per heavy atom. The van der Waals surface area contributed by atoms with Crippen molar-refractivity contribution in [1.82, 2.24) is 0 Å². The molecule has 20 heavy (non-hydrogen) atoms. The fraction of sp³-hybridized carbons (Fsp3) is 0. The van der Waals surface area contributed by atoms with Crippen LogP contribution in [0, 0.1) is 5.82 Å². The maximum absolute atomic E-state index is 12.9. The van der Waals surface area contributed by atoms with Crippen molar-refractivity contribution in [3.63, 3.8) is 0 Å². The van der Waals surface area contributed by atoms with Gasteiger partial charge in [-0.2, -0.15) is 0 Å². The number of hydrogen-bond donors (Lipinski definition) is 2. The van der Waals surface area contributed by atoms with Gasteiger partial charge in [0.15, 0.2) is 0 Å². The van der Waals surface area contributed by atoms with Crippen LogP contribution in [-0.4, -0.2) is 19.5 Å². The molecular formula is C11H7ClFNO4S2. The van der Waals surface area contributed by atoms with Crippen molar-refractivity contribution in [2.24, 2.45) is 0 Å². The summed E-state index contributed by atoms with van der Waals surface area (Å²) >= 11 is 6.51. The third-order valence-corrected chi connectivity index (χ3v) is 5.00. The van der Waals surface area contributed by atoms with Gasteiger partial charge >= 0.3 is 5.97 Å². The topological polar surface area (TPSA) is 83.5 Å². The van der Waals surface area contributed by atoms with Gasteiger partial charge in [0, 0.05) is 5.38 Å². The Labute approximate surface area is 122 Å². The lowest BCUT2D eigenvalue weighted by Crippen LogP contribution is -2.12. The number of rotatable bonds is 4. The maximum atomic E-state index is 12.9. The van der Waals surface area contributed by atoms with E-state index in [0.29, 0.717) is 0 Å². The summed E-state index contributed by atoms with van der Waals surface area (Å²) in [6.07, 6.45) is 0. The lowest BCUT2D eigenvalue weighted by atomic mass is 10.3. The predicted octanol–water partition coefficient (Wildman–Crippen LogP) is 3.04. The van der Waals surface area contributed by atoms with Crippen LogP contribution >= 0.6 is 22.9 Å². The van der Waals surface area contributed by atoms with E-state index in [1.807, 2.05) is 0 Å². The quantitative estimate of drug-likeness (QED) is 0.899. The summed E-state index contributed by atoms with van der Waals surface area (Å²) in [5.41, 5.74) is 0.0103. The Morgan fingerprint density at radius 3 is 2.60 bits per heavy atom. The third kappa shape index (κ3) is 3.09. The number of halogens is 2. The van der Waals surface area contributed by atoms with E-state index >= 15 is 0 Å². The number of thiophene rings is 1. The van der Waals surface area contributed by atoms with E-state index in [0.717, 1.165) is 29.5 Å². The number of carboxylic acids is 1. The summed E-state index contributed by atoms with van der Waals surface area (Å²) in [5, 5.41) is 9.86. The highest BCUT2D eigenvalue weighted by Crippen LogP contribution is 2.27. The normalized spacial score (nSPS) is 11.3. The number of sulfonamides is 1. The first-order chi connectivity index (χ1) is 9.29. The lowest BCUT2D eigenvalue weighted by molar-refractivity contribution is 0.0702. The molecule has 0 unspecified atom stereocenters. The molecule has 0 aliphatic carbocycles. The van der Waals surface area contributed by atoms with Crippen LogP contribution in [0.25, 0.3) is 0 Å². The average molecular weight is 336 g/mol. The molecule has 0 amide bonds. The summed E-state index contributed by atoms with van der Waals surface area (Å²) in [6.45, 7) is 0. The molecule has 2 N–H and O–H groups in total. The number of carbonyl (C=O) groups is 1. The molecular weight excluding hydrogens is 329 g/mol. The Balaban J connectivity index is 2.33. The second-order valence-electron chi connectivity index (χ2n) is 3.68. The first-order valence-corrected chi connectivity index (χ1v) is 7.83. The number of aromatic carboxylic acids is 1. The van der Waals surface area contributed by atoms with Crippen LogP contribution < -0.4 is 4.72 Å². The smallest absolute Gasteiger partial charge is 0.345 e. The fourth-order valence-corrected chi connectivity index (χ4v) is 3.81. The van der Waals surface area contributed by atoms with E-state index in [9.17, 15) is 17.6 Å². The molecule has 5 nitrogen and oxygen atoms in total. The first kappa shape index (κ1) is 14.8. The molecule has 0 aliphatic rings. The van der Waals surface area contributed by atoms with Crippen molar-refractivity contribution in [1.29, 1.82) is 0 Å². The van der Waals surface area contributed by atoms with Crippen molar-refractivity contribution < 1.29 is 22.7 Å². The zero-order valence-corrected chi connectivity index (χ0v) is 12.0. The van der Waals surface area contributed by atoms with Crippen LogP contribution in [0.4, 0.5) is 10.1 Å². The van der Waals surface area contributed by atoms with Crippen LogP contribution in [-0.2, 0) is 10.0 Å². The number of hydrogen-bond acceptors (Lipinski definition) is 4. The molecule has 0 spiro atoms. The van der Waals surface area contributed by atoms with Crippen molar-refractivity contribution in [2.45, 2.75) is 4.90 Å². The molecule has 1 aromatic heterocycles. The van der Waals surface area contributed by atoms with Gasteiger partial charge in [-0.1, -0.05) is 11.6 Å². The van der Waals surface area contributed by atoms with Crippen molar-refractivity contribution in [2.75, 3.05) is 4.72 Å². The second-order valence-corrected chi connectivity index (χ2v) is 6.68. The molecule has 1 heterocycles. The van der Waals surface area contributed by atoms with Crippen LogP contribution in [0.3, 0.4) is 0 Å². The minimum atomic E-state index is -3.97. The average Bonchev–Trinajstić information content (AvgIpc) is 2.83. The monoisotopic (exact) mass is 335 g/mol. The fourth-order valence-electron chi connectivity index (χ4n) is 1.35. The summed E-state index contributed by atoms with van der Waals surface area (Å²) in [5.74, 6) is -1.81. The largest absolute Gasteiger partial charge is 0.477 e. The molecule has 0 atom stereocenters. The van der Waals surface area contributed by atoms with Gasteiger partial charge < -0.3 is 5.11 Å². The second kappa shape index (κ2) is 5.39. The highest BCUT2D eigenvalue weighted by Gasteiger charge is 2.19. The van der Waals surface area contributed by atoms with Gasteiger partial charge in [-0.25, -0.2) is 17.6 Å². The van der Waals surface area contributed by atoms with E-state index in [4.69, 9.17) is 16.7 Å². The van der Waals surface area contributed by atoms with Gasteiger partial charge in [0.1, 0.15) is 10.7 Å². The molecule has 2 rings (SSSR count). The summed E-state index contributed by atoms with van der Waals surface area (Å²) in [4.78, 5) is 10.4. The van der Waals surface area contributed by atoms with Gasteiger partial charge in [0.05, 0.1) is 15.6 Å². The standard InChI is InChI=1S/C11H7ClFNO4S2/c12-8-3-6(13)1-2-9(8)14-20(17,18)7-4-10(11(15)16)19-5-7/h1-5,14H,(H,15,16). The van der Waals surface area contributed by atoms with Crippen molar-refractivity contribution >= 4 is 44.6 Å². The number of benzene rings is 1. The zero-order chi connectivity index (χ0) is 14.9. The van der Waals surface area contributed by atoms with Gasteiger partial charge in [0.2, 0.25) is 0 Å². The molecule has 0 aliphatic heterocycles. The Bertz CT molecular complexity index is 772. The van der Waals surface area contributed by atoms with E-state index in [-0.39, 0.29) is 20.5 Å². The summed E-state index contributed by atoms with van der Waals surface area (Å²) in [6, 6.07) is 4.24. The van der Waals surface area contributed by atoms with Gasteiger partial charge in [-0.3, -0.25) is 4.72 Å². The predicted molar refractivity (Wildman–Crippen MR) is 73.5 cm³/mol. The van der Waals surface area contributed by atoms with E-state index in [1.165, 1.54) is 11.4 Å². The van der Waals surface area contributed by atoms with Crippen LogP contribution in [0.1, 0.15) is 9.67 Å². The number of nitrogens with one attached hydrogen (secondary N) is 1. The molecule has 0 fully saturated rings. The van der Waals surface area contributed by atoms with E-state index in [2.05, 4.69) is 4.72 Å². The van der Waals surface area contributed by atoms with Crippen molar-refractivity contribution in [3.05, 3.63) is 45.4 Å². The first-order valence-electron chi connectivity index (χ1n) is 5.09. The lowest BCUT2D eigenvalue weighted by Gasteiger charge is -2.08. The minimum absolute atomic E-state index is 0.0103. The molecule has 0 saturated carbocycles. The molecule has 0 radical (unpaired) electrons. The molecule has 2 aromatic rings. The maximum Gasteiger partial charge on any atom is 0.345 e. The van der Waals surface area contributed by atoms with Gasteiger partial charge in [-0.05, 0) is 24.3 Å². The van der Waals surface area contributed by atoms with Crippen LogP contribution in [0.2, 0.25) is 5.02 Å².